The summed E-state index contributed by atoms with van der Waals surface area (Å²) >= 11 is 0. The highest BCUT2D eigenvalue weighted by atomic mass is 16.7. The van der Waals surface area contributed by atoms with Gasteiger partial charge >= 0.3 is 5.97 Å². The molecule has 0 radical (unpaired) electrons. The fourth-order valence-corrected chi connectivity index (χ4v) is 1.72. The molecule has 2 aromatic rings. The van der Waals surface area contributed by atoms with Crippen LogP contribution in [0.4, 0.5) is 5.69 Å². The topological polar surface area (TPSA) is 94.9 Å². The summed E-state index contributed by atoms with van der Waals surface area (Å²) in [6.45, 7) is 3.00. The van der Waals surface area contributed by atoms with Gasteiger partial charge in [-0.25, -0.2) is 4.79 Å². The molecule has 1 aromatic carbocycles. The van der Waals surface area contributed by atoms with Crippen molar-refractivity contribution in [2.75, 3.05) is 0 Å². The predicted octanol–water partition coefficient (Wildman–Crippen LogP) is 3.06. The summed E-state index contributed by atoms with van der Waals surface area (Å²) in [5, 5.41) is 14.5. The normalized spacial score (nSPS) is 10.8. The van der Waals surface area contributed by atoms with Crippen LogP contribution in [0.15, 0.2) is 39.9 Å². The Morgan fingerprint density at radius 3 is 2.81 bits per heavy atom. The third-order valence-corrected chi connectivity index (χ3v) is 2.60. The van der Waals surface area contributed by atoms with Crippen LogP contribution in [0.1, 0.15) is 18.2 Å². The van der Waals surface area contributed by atoms with Gasteiger partial charge in [0.05, 0.1) is 10.5 Å². The highest BCUT2D eigenvalue weighted by molar-refractivity contribution is 5.79. The number of hydrogen-bond donors (Lipinski definition) is 0. The molecule has 0 amide bonds. The average Bonchev–Trinajstić information content (AvgIpc) is 2.86. The van der Waals surface area contributed by atoms with Crippen molar-refractivity contribution in [1.82, 2.24) is 0 Å². The van der Waals surface area contributed by atoms with E-state index in [1.54, 1.807) is 31.2 Å². The van der Waals surface area contributed by atoms with Crippen molar-refractivity contribution < 1.29 is 19.0 Å². The number of oxime groups is 1. The molecule has 2 rings (SSSR count). The van der Waals surface area contributed by atoms with E-state index < -0.39 is 10.9 Å². The standard InChI is InChI=1S/C14H12N2O5/c1-9-3-5-12(13(7-9)16(18)19)14-6-4-11(20-14)8-15-21-10(2)17/h3-8H,1-2H3/b15-8+. The van der Waals surface area contributed by atoms with Gasteiger partial charge in [-0.05, 0) is 30.7 Å². The summed E-state index contributed by atoms with van der Waals surface area (Å²) in [6.07, 6.45) is 1.21. The molecule has 108 valence electrons. The summed E-state index contributed by atoms with van der Waals surface area (Å²) < 4.78 is 5.44. The number of carbonyl (C=O) groups excluding carboxylic acids is 1. The van der Waals surface area contributed by atoms with Crippen molar-refractivity contribution in [3.05, 3.63) is 51.8 Å². The number of rotatable bonds is 4. The number of nitro groups is 1. The SMILES string of the molecule is CC(=O)O/N=C/c1ccc(-c2ccc(C)cc2[N+](=O)[O-])o1. The Kier molecular flexibility index (Phi) is 4.13. The van der Waals surface area contributed by atoms with Crippen LogP contribution in [0, 0.1) is 17.0 Å². The molecule has 0 unspecified atom stereocenters. The van der Waals surface area contributed by atoms with Gasteiger partial charge in [0, 0.05) is 13.0 Å². The van der Waals surface area contributed by atoms with E-state index in [0.29, 0.717) is 17.1 Å². The van der Waals surface area contributed by atoms with E-state index in [9.17, 15) is 14.9 Å². The van der Waals surface area contributed by atoms with Crippen molar-refractivity contribution in [2.24, 2.45) is 5.16 Å². The second-order valence-electron chi connectivity index (χ2n) is 4.30. The molecular formula is C14H12N2O5. The van der Waals surface area contributed by atoms with Crippen molar-refractivity contribution in [3.8, 4) is 11.3 Å². The molecule has 0 aliphatic heterocycles. The van der Waals surface area contributed by atoms with Gasteiger partial charge in [0.25, 0.3) is 5.69 Å². The lowest BCUT2D eigenvalue weighted by Gasteiger charge is -2.00. The van der Waals surface area contributed by atoms with Crippen LogP contribution in [-0.4, -0.2) is 17.1 Å². The van der Waals surface area contributed by atoms with Gasteiger partial charge in [-0.1, -0.05) is 11.2 Å². The second-order valence-corrected chi connectivity index (χ2v) is 4.30. The quantitative estimate of drug-likeness (QED) is 0.373. The Labute approximate surface area is 120 Å². The molecule has 1 aromatic heterocycles. The molecule has 1 heterocycles. The Bertz CT molecular complexity index is 718. The third-order valence-electron chi connectivity index (χ3n) is 2.60. The number of aryl methyl sites for hydroxylation is 1. The van der Waals surface area contributed by atoms with Gasteiger partial charge in [0.15, 0.2) is 0 Å². The molecular weight excluding hydrogens is 276 g/mol. The van der Waals surface area contributed by atoms with Crippen molar-refractivity contribution in [1.29, 1.82) is 0 Å². The highest BCUT2D eigenvalue weighted by Crippen LogP contribution is 2.31. The molecule has 0 saturated heterocycles. The van der Waals surface area contributed by atoms with Crippen molar-refractivity contribution in [3.63, 3.8) is 0 Å². The van der Waals surface area contributed by atoms with E-state index in [1.165, 1.54) is 19.2 Å². The molecule has 0 saturated carbocycles. The Hall–Kier alpha value is -2.96. The molecule has 0 fully saturated rings. The lowest BCUT2D eigenvalue weighted by molar-refractivity contribution is -0.384. The fourth-order valence-electron chi connectivity index (χ4n) is 1.72. The minimum Gasteiger partial charge on any atom is -0.455 e. The lowest BCUT2D eigenvalue weighted by atomic mass is 10.1. The zero-order valence-corrected chi connectivity index (χ0v) is 11.4. The maximum absolute atomic E-state index is 11.1. The van der Waals surface area contributed by atoms with Gasteiger partial charge in [-0.2, -0.15) is 0 Å². The van der Waals surface area contributed by atoms with E-state index in [-0.39, 0.29) is 5.69 Å². The van der Waals surface area contributed by atoms with Gasteiger partial charge in [0.2, 0.25) is 0 Å². The minimum absolute atomic E-state index is 0.0344. The van der Waals surface area contributed by atoms with Crippen LogP contribution in [-0.2, 0) is 9.63 Å². The largest absolute Gasteiger partial charge is 0.455 e. The first kappa shape index (κ1) is 14.4. The zero-order valence-electron chi connectivity index (χ0n) is 11.4. The maximum Gasteiger partial charge on any atom is 0.331 e. The van der Waals surface area contributed by atoms with E-state index in [2.05, 4.69) is 9.99 Å². The summed E-state index contributed by atoms with van der Waals surface area (Å²) in [6, 6.07) is 8.03. The van der Waals surface area contributed by atoms with Crippen LogP contribution in [0.3, 0.4) is 0 Å². The molecule has 0 aliphatic carbocycles. The average molecular weight is 288 g/mol. The minimum atomic E-state index is -0.549. The number of carbonyl (C=O) groups is 1. The highest BCUT2D eigenvalue weighted by Gasteiger charge is 2.18. The number of hydrogen-bond acceptors (Lipinski definition) is 6. The van der Waals surface area contributed by atoms with Gasteiger partial charge in [-0.15, -0.1) is 0 Å². The molecule has 0 bridgehead atoms. The fraction of sp³-hybridized carbons (Fsp3) is 0.143. The first-order valence-corrected chi connectivity index (χ1v) is 6.03. The van der Waals surface area contributed by atoms with Crippen LogP contribution in [0.2, 0.25) is 0 Å². The zero-order chi connectivity index (χ0) is 15.4. The van der Waals surface area contributed by atoms with Gasteiger partial charge < -0.3 is 9.25 Å². The summed E-state index contributed by atoms with van der Waals surface area (Å²) in [5.74, 6) is 0.110. The number of nitro benzene ring substituents is 1. The Balaban J connectivity index is 2.31. The summed E-state index contributed by atoms with van der Waals surface area (Å²) in [7, 11) is 0. The van der Waals surface area contributed by atoms with E-state index in [1.807, 2.05) is 0 Å². The monoisotopic (exact) mass is 288 g/mol. The molecule has 0 N–H and O–H groups in total. The van der Waals surface area contributed by atoms with Gasteiger partial charge in [0.1, 0.15) is 17.7 Å². The molecule has 0 spiro atoms. The third kappa shape index (κ3) is 3.53. The molecule has 0 aliphatic rings. The Morgan fingerprint density at radius 2 is 2.14 bits per heavy atom. The number of benzene rings is 1. The van der Waals surface area contributed by atoms with Crippen LogP contribution in [0.25, 0.3) is 11.3 Å². The first-order chi connectivity index (χ1) is 9.97. The van der Waals surface area contributed by atoms with Crippen molar-refractivity contribution >= 4 is 17.9 Å². The summed E-state index contributed by atoms with van der Waals surface area (Å²) in [4.78, 5) is 25.6. The molecule has 7 heteroatoms. The van der Waals surface area contributed by atoms with E-state index in [4.69, 9.17) is 4.42 Å². The molecule has 21 heavy (non-hydrogen) atoms. The summed E-state index contributed by atoms with van der Waals surface area (Å²) in [5.41, 5.74) is 1.12. The first-order valence-electron chi connectivity index (χ1n) is 6.03. The number of nitrogens with zero attached hydrogens (tertiary/aromatic N) is 2. The maximum atomic E-state index is 11.1. The van der Waals surface area contributed by atoms with Crippen LogP contribution >= 0.6 is 0 Å². The molecule has 7 nitrogen and oxygen atoms in total. The van der Waals surface area contributed by atoms with Gasteiger partial charge in [-0.3, -0.25) is 10.1 Å². The van der Waals surface area contributed by atoms with Crippen LogP contribution in [0.5, 0.6) is 0 Å². The second kappa shape index (κ2) is 6.00. The van der Waals surface area contributed by atoms with Crippen LogP contribution < -0.4 is 0 Å². The predicted molar refractivity (Wildman–Crippen MR) is 74.9 cm³/mol. The smallest absolute Gasteiger partial charge is 0.331 e. The van der Waals surface area contributed by atoms with E-state index >= 15 is 0 Å². The van der Waals surface area contributed by atoms with Crippen molar-refractivity contribution in [2.45, 2.75) is 13.8 Å². The Morgan fingerprint density at radius 1 is 1.38 bits per heavy atom. The lowest BCUT2D eigenvalue weighted by Crippen LogP contribution is -1.92. The van der Waals surface area contributed by atoms with E-state index in [0.717, 1.165) is 5.56 Å². The number of furan rings is 1. The molecule has 0 atom stereocenters.